The highest BCUT2D eigenvalue weighted by molar-refractivity contribution is 7.85. The Morgan fingerprint density at radius 2 is 1.76 bits per heavy atom. The topological polar surface area (TPSA) is 63.4 Å². The van der Waals surface area contributed by atoms with Gasteiger partial charge in [-0.25, -0.2) is 0 Å². The van der Waals surface area contributed by atoms with Gasteiger partial charge in [0.05, 0.1) is 0 Å². The van der Waals surface area contributed by atoms with Crippen LogP contribution in [-0.2, 0) is 15.6 Å². The van der Waals surface area contributed by atoms with E-state index >= 15 is 0 Å². The van der Waals surface area contributed by atoms with Crippen LogP contribution in [0.4, 0.5) is 0 Å². The first-order valence-corrected chi connectivity index (χ1v) is 7.79. The Morgan fingerprint density at radius 1 is 1.24 bits per heavy atom. The minimum Gasteiger partial charge on any atom is -0.342 e. The van der Waals surface area contributed by atoms with E-state index in [1.165, 1.54) is 12.8 Å². The Kier molecular flexibility index (Phi) is 5.59. The summed E-state index contributed by atoms with van der Waals surface area (Å²) in [5.74, 6) is 0.530. The zero-order valence-electron chi connectivity index (χ0n) is 10.9. The van der Waals surface area contributed by atoms with Crippen LogP contribution in [0.3, 0.4) is 0 Å². The van der Waals surface area contributed by atoms with E-state index < -0.39 is 16.3 Å². The van der Waals surface area contributed by atoms with Crippen LogP contribution in [0.2, 0.25) is 0 Å². The van der Waals surface area contributed by atoms with Gasteiger partial charge >= 0.3 is 0 Å². The van der Waals surface area contributed by atoms with Crippen molar-refractivity contribution in [3.8, 4) is 0 Å². The minimum absolute atomic E-state index is 0.0227. The maximum Gasteiger partial charge on any atom is 0.235 e. The van der Waals surface area contributed by atoms with Crippen molar-refractivity contribution < 1.29 is 9.00 Å². The molecule has 0 aromatic rings. The van der Waals surface area contributed by atoms with Crippen molar-refractivity contribution in [3.05, 3.63) is 0 Å². The van der Waals surface area contributed by atoms with Gasteiger partial charge in [-0.1, -0.05) is 12.8 Å². The van der Waals surface area contributed by atoms with Crippen LogP contribution in [0.1, 0.15) is 39.5 Å². The molecule has 5 heteroatoms. The smallest absolute Gasteiger partial charge is 0.235 e. The molecule has 1 fully saturated rings. The highest BCUT2D eigenvalue weighted by Gasteiger charge is 2.21. The number of nitrogens with two attached hydrogens (primary N) is 1. The second-order valence-electron chi connectivity index (χ2n) is 5.51. The first-order chi connectivity index (χ1) is 7.88. The number of carbonyl (C=O) groups is 1. The Hall–Kier alpha value is -0.420. The fourth-order valence-electron chi connectivity index (χ4n) is 2.02. The molecule has 0 saturated carbocycles. The molecular formula is C12H24N2O2S. The van der Waals surface area contributed by atoms with E-state index in [2.05, 4.69) is 0 Å². The van der Waals surface area contributed by atoms with Crippen LogP contribution in [0.25, 0.3) is 0 Å². The molecular weight excluding hydrogens is 236 g/mol. The summed E-state index contributed by atoms with van der Waals surface area (Å²) < 4.78 is 11.8. The predicted molar refractivity (Wildman–Crippen MR) is 71.2 cm³/mol. The van der Waals surface area contributed by atoms with Crippen LogP contribution in [-0.4, -0.2) is 45.2 Å². The van der Waals surface area contributed by atoms with Crippen LogP contribution in [0.15, 0.2) is 0 Å². The molecule has 1 saturated heterocycles. The average Bonchev–Trinajstić information content (AvgIpc) is 2.41. The molecule has 1 unspecified atom stereocenters. The second-order valence-corrected chi connectivity index (χ2v) is 6.97. The predicted octanol–water partition coefficient (Wildman–Crippen LogP) is 0.875. The fourth-order valence-corrected chi connectivity index (χ4v) is 3.40. The van der Waals surface area contributed by atoms with Crippen LogP contribution < -0.4 is 5.73 Å². The number of likely N-dealkylation sites (tertiary alicyclic amines) is 1. The fraction of sp³-hybridized carbons (Fsp3) is 0.917. The van der Waals surface area contributed by atoms with E-state index in [-0.39, 0.29) is 11.7 Å². The molecule has 1 aliphatic rings. The van der Waals surface area contributed by atoms with Crippen molar-refractivity contribution in [2.45, 2.75) is 45.1 Å². The summed E-state index contributed by atoms with van der Waals surface area (Å²) in [6.07, 6.45) is 4.53. The lowest BCUT2D eigenvalue weighted by atomic mass is 10.1. The van der Waals surface area contributed by atoms with Crippen LogP contribution in [0, 0.1) is 0 Å². The summed E-state index contributed by atoms with van der Waals surface area (Å²) >= 11 is 0. The van der Waals surface area contributed by atoms with Gasteiger partial charge in [0.25, 0.3) is 0 Å². The molecule has 100 valence electrons. The monoisotopic (exact) mass is 260 g/mol. The molecule has 4 nitrogen and oxygen atoms in total. The minimum atomic E-state index is -1.14. The van der Waals surface area contributed by atoms with E-state index in [1.54, 1.807) is 0 Å². The zero-order valence-corrected chi connectivity index (χ0v) is 11.7. The molecule has 1 amide bonds. The lowest BCUT2D eigenvalue weighted by molar-refractivity contribution is -0.128. The summed E-state index contributed by atoms with van der Waals surface area (Å²) in [7, 11) is -1.14. The second kappa shape index (κ2) is 6.50. The molecule has 1 atom stereocenters. The van der Waals surface area contributed by atoms with E-state index in [4.69, 9.17) is 5.73 Å². The third-order valence-electron chi connectivity index (χ3n) is 2.78. The standard InChI is InChI=1S/C12H24N2O2S/c1-12(2,13)10-17(16)9-11(15)14-7-5-3-4-6-8-14/h3-10,13H2,1-2H3. The van der Waals surface area contributed by atoms with E-state index in [1.807, 2.05) is 18.7 Å². The maximum atomic E-state index is 11.9. The van der Waals surface area contributed by atoms with Crippen LogP contribution >= 0.6 is 0 Å². The number of hydrogen-bond donors (Lipinski definition) is 1. The molecule has 0 aromatic carbocycles. The summed E-state index contributed by atoms with van der Waals surface area (Å²) in [5, 5.41) is 0. The van der Waals surface area contributed by atoms with Crippen molar-refractivity contribution in [1.82, 2.24) is 4.90 Å². The third-order valence-corrected chi connectivity index (χ3v) is 4.41. The SMILES string of the molecule is CC(C)(N)CS(=O)CC(=O)N1CCCCCC1. The first kappa shape index (κ1) is 14.6. The Balaban J connectivity index is 2.39. The van der Waals surface area contributed by atoms with Gasteiger partial charge in [-0.3, -0.25) is 9.00 Å². The first-order valence-electron chi connectivity index (χ1n) is 6.30. The lowest BCUT2D eigenvalue weighted by Gasteiger charge is -2.22. The van der Waals surface area contributed by atoms with Crippen molar-refractivity contribution in [2.75, 3.05) is 24.6 Å². The number of hydrogen-bond acceptors (Lipinski definition) is 3. The molecule has 17 heavy (non-hydrogen) atoms. The summed E-state index contributed by atoms with van der Waals surface area (Å²) in [4.78, 5) is 13.8. The van der Waals surface area contributed by atoms with Crippen molar-refractivity contribution in [3.63, 3.8) is 0 Å². The zero-order chi connectivity index (χ0) is 12.9. The molecule has 0 spiro atoms. The van der Waals surface area contributed by atoms with Gasteiger partial charge in [0.15, 0.2) is 0 Å². The molecule has 0 radical (unpaired) electrons. The maximum absolute atomic E-state index is 11.9. The van der Waals surface area contributed by atoms with Gasteiger partial charge in [-0.05, 0) is 26.7 Å². The van der Waals surface area contributed by atoms with Gasteiger partial charge in [-0.15, -0.1) is 0 Å². The van der Waals surface area contributed by atoms with E-state index in [0.29, 0.717) is 5.75 Å². The third kappa shape index (κ3) is 6.17. The van der Waals surface area contributed by atoms with E-state index in [0.717, 1.165) is 25.9 Å². The number of nitrogens with zero attached hydrogens (tertiary/aromatic N) is 1. The molecule has 0 aliphatic carbocycles. The Labute approximate surface area is 106 Å². The average molecular weight is 260 g/mol. The van der Waals surface area contributed by atoms with Gasteiger partial charge in [-0.2, -0.15) is 0 Å². The molecule has 1 rings (SSSR count). The van der Waals surface area contributed by atoms with E-state index in [9.17, 15) is 9.00 Å². The summed E-state index contributed by atoms with van der Waals surface area (Å²) in [5.41, 5.74) is 5.33. The quantitative estimate of drug-likeness (QED) is 0.816. The molecule has 0 aromatic heterocycles. The van der Waals surface area contributed by atoms with Crippen molar-refractivity contribution >= 4 is 16.7 Å². The highest BCUT2D eigenvalue weighted by Crippen LogP contribution is 2.10. The number of amides is 1. The molecule has 0 bridgehead atoms. The van der Waals surface area contributed by atoms with Gasteiger partial charge in [0.1, 0.15) is 5.75 Å². The van der Waals surface area contributed by atoms with Gasteiger partial charge in [0.2, 0.25) is 5.91 Å². The van der Waals surface area contributed by atoms with Crippen molar-refractivity contribution in [2.24, 2.45) is 5.73 Å². The van der Waals surface area contributed by atoms with Crippen molar-refractivity contribution in [1.29, 1.82) is 0 Å². The van der Waals surface area contributed by atoms with Gasteiger partial charge in [0, 0.05) is 35.2 Å². The number of rotatable bonds is 4. The van der Waals surface area contributed by atoms with Gasteiger partial charge < -0.3 is 10.6 Å². The van der Waals surface area contributed by atoms with Crippen LogP contribution in [0.5, 0.6) is 0 Å². The molecule has 1 heterocycles. The highest BCUT2D eigenvalue weighted by atomic mass is 32.2. The Bertz CT molecular complexity index is 279. The largest absolute Gasteiger partial charge is 0.342 e. The Morgan fingerprint density at radius 3 is 2.24 bits per heavy atom. The summed E-state index contributed by atoms with van der Waals surface area (Å²) in [6.45, 7) is 5.31. The summed E-state index contributed by atoms with van der Waals surface area (Å²) in [6, 6.07) is 0. The normalized spacial score (nSPS) is 19.8. The lowest BCUT2D eigenvalue weighted by Crippen LogP contribution is -2.41. The number of carbonyl (C=O) groups excluding carboxylic acids is 1. The molecule has 2 N–H and O–H groups in total. The molecule has 1 aliphatic heterocycles.